The molecule has 0 aliphatic rings. The van der Waals surface area contributed by atoms with Gasteiger partial charge in [0.1, 0.15) is 11.6 Å². The summed E-state index contributed by atoms with van der Waals surface area (Å²) in [5.41, 5.74) is 1.45. The van der Waals surface area contributed by atoms with E-state index in [1.54, 1.807) is 43.3 Å². The van der Waals surface area contributed by atoms with Crippen LogP contribution in [0.15, 0.2) is 65.5 Å². The van der Waals surface area contributed by atoms with Crippen LogP contribution in [0.5, 0.6) is 0 Å². The molecule has 5 nitrogen and oxygen atoms in total. The van der Waals surface area contributed by atoms with Crippen LogP contribution in [0, 0.1) is 11.3 Å². The quantitative estimate of drug-likeness (QED) is 0.731. The summed E-state index contributed by atoms with van der Waals surface area (Å²) in [7, 11) is 0. The summed E-state index contributed by atoms with van der Waals surface area (Å²) in [6.07, 6.45) is 0. The van der Waals surface area contributed by atoms with Gasteiger partial charge in [-0.1, -0.05) is 60.7 Å². The minimum Gasteiger partial charge on any atom is -0.462 e. The molecule has 0 amide bonds. The molecule has 2 aromatic carbocycles. The van der Waals surface area contributed by atoms with Gasteiger partial charge in [-0.2, -0.15) is 5.26 Å². The predicted molar refractivity (Wildman–Crippen MR) is 98.6 cm³/mol. The van der Waals surface area contributed by atoms with E-state index in [1.807, 2.05) is 24.3 Å². The molecule has 5 heteroatoms. The smallest absolute Gasteiger partial charge is 0.344 e. The van der Waals surface area contributed by atoms with Crippen molar-refractivity contribution < 1.29 is 9.53 Å². The van der Waals surface area contributed by atoms with E-state index >= 15 is 0 Å². The van der Waals surface area contributed by atoms with Gasteiger partial charge >= 0.3 is 5.97 Å². The molecule has 0 aliphatic carbocycles. The Hall–Kier alpha value is -3.65. The number of benzene rings is 2. The number of nitrogens with zero attached hydrogens (tertiary/aromatic N) is 1. The summed E-state index contributed by atoms with van der Waals surface area (Å²) in [5.74, 6) is -0.747. The molecule has 1 aromatic heterocycles. The molecular formula is C21H16N2O3. The highest BCUT2D eigenvalue weighted by Gasteiger charge is 2.25. The molecule has 26 heavy (non-hydrogen) atoms. The van der Waals surface area contributed by atoms with Crippen LogP contribution in [0.2, 0.25) is 0 Å². The fourth-order valence-corrected chi connectivity index (χ4v) is 2.83. The van der Waals surface area contributed by atoms with Gasteiger partial charge in [0.15, 0.2) is 0 Å². The standard InChI is InChI=1S/C21H16N2O3/c1-2-26-21(25)18-17(14-9-5-3-6-10-14)16(13-22)19(23-20(18)24)15-11-7-4-8-12-15/h3-12H,2H2,1H3,(H,23,24). The topological polar surface area (TPSA) is 82.9 Å². The molecule has 0 unspecified atom stereocenters. The van der Waals surface area contributed by atoms with Gasteiger partial charge in [0.2, 0.25) is 0 Å². The monoisotopic (exact) mass is 344 g/mol. The lowest BCUT2D eigenvalue weighted by Crippen LogP contribution is -2.23. The molecule has 0 fully saturated rings. The third-order valence-corrected chi connectivity index (χ3v) is 3.93. The van der Waals surface area contributed by atoms with Crippen molar-refractivity contribution in [2.45, 2.75) is 6.92 Å². The molecule has 0 saturated carbocycles. The number of carbonyl (C=O) groups excluding carboxylic acids is 1. The average Bonchev–Trinajstić information content (AvgIpc) is 2.68. The number of pyridine rings is 1. The van der Waals surface area contributed by atoms with Gasteiger partial charge in [0.05, 0.1) is 17.9 Å². The first-order valence-corrected chi connectivity index (χ1v) is 8.15. The van der Waals surface area contributed by atoms with Gasteiger partial charge in [0.25, 0.3) is 5.56 Å². The van der Waals surface area contributed by atoms with Gasteiger partial charge in [-0.25, -0.2) is 4.79 Å². The van der Waals surface area contributed by atoms with Crippen LogP contribution in [0.4, 0.5) is 0 Å². The zero-order valence-corrected chi connectivity index (χ0v) is 14.2. The van der Waals surface area contributed by atoms with Crippen LogP contribution in [0.1, 0.15) is 22.8 Å². The second-order valence-electron chi connectivity index (χ2n) is 5.52. The van der Waals surface area contributed by atoms with Crippen molar-refractivity contribution in [2.24, 2.45) is 0 Å². The number of aromatic nitrogens is 1. The average molecular weight is 344 g/mol. The highest BCUT2D eigenvalue weighted by Crippen LogP contribution is 2.31. The van der Waals surface area contributed by atoms with E-state index in [0.29, 0.717) is 16.8 Å². The van der Waals surface area contributed by atoms with Gasteiger partial charge in [0, 0.05) is 5.56 Å². The molecule has 0 saturated heterocycles. The van der Waals surface area contributed by atoms with Crippen LogP contribution in [-0.2, 0) is 4.74 Å². The number of H-pyrrole nitrogens is 1. The van der Waals surface area contributed by atoms with Crippen LogP contribution in [0.25, 0.3) is 22.4 Å². The molecule has 1 heterocycles. The van der Waals surface area contributed by atoms with Crippen LogP contribution >= 0.6 is 0 Å². The summed E-state index contributed by atoms with van der Waals surface area (Å²) >= 11 is 0. The maximum absolute atomic E-state index is 12.7. The van der Waals surface area contributed by atoms with E-state index in [-0.39, 0.29) is 23.3 Å². The second-order valence-corrected chi connectivity index (χ2v) is 5.52. The maximum atomic E-state index is 12.7. The van der Waals surface area contributed by atoms with Crippen molar-refractivity contribution in [3.8, 4) is 28.5 Å². The molecule has 0 radical (unpaired) electrons. The molecule has 1 N–H and O–H groups in total. The Morgan fingerprint density at radius 1 is 1.04 bits per heavy atom. The summed E-state index contributed by atoms with van der Waals surface area (Å²) in [6.45, 7) is 1.80. The Labute approximate surface area is 150 Å². The summed E-state index contributed by atoms with van der Waals surface area (Å²) < 4.78 is 5.05. The van der Waals surface area contributed by atoms with Gasteiger partial charge < -0.3 is 9.72 Å². The molecule has 3 rings (SSSR count). The number of hydrogen-bond acceptors (Lipinski definition) is 4. The minimum atomic E-state index is -0.747. The lowest BCUT2D eigenvalue weighted by molar-refractivity contribution is 0.0525. The van der Waals surface area contributed by atoms with Crippen molar-refractivity contribution in [3.05, 3.63) is 82.1 Å². The summed E-state index contributed by atoms with van der Waals surface area (Å²) in [4.78, 5) is 27.8. The summed E-state index contributed by atoms with van der Waals surface area (Å²) in [5, 5.41) is 9.82. The Morgan fingerprint density at radius 2 is 1.62 bits per heavy atom. The van der Waals surface area contributed by atoms with E-state index in [0.717, 1.165) is 0 Å². The zero-order chi connectivity index (χ0) is 18.5. The Morgan fingerprint density at radius 3 is 2.15 bits per heavy atom. The number of aromatic amines is 1. The van der Waals surface area contributed by atoms with E-state index < -0.39 is 11.5 Å². The number of carbonyl (C=O) groups is 1. The van der Waals surface area contributed by atoms with E-state index in [4.69, 9.17) is 4.74 Å². The first kappa shape index (κ1) is 17.2. The molecular weight excluding hydrogens is 328 g/mol. The minimum absolute atomic E-state index is 0.134. The molecule has 0 spiro atoms. The number of esters is 1. The van der Waals surface area contributed by atoms with Crippen LogP contribution in [0.3, 0.4) is 0 Å². The molecule has 0 aliphatic heterocycles. The largest absolute Gasteiger partial charge is 0.462 e. The van der Waals surface area contributed by atoms with E-state index in [9.17, 15) is 14.9 Å². The van der Waals surface area contributed by atoms with Crippen LogP contribution in [-0.4, -0.2) is 17.6 Å². The Balaban J connectivity index is 2.40. The lowest BCUT2D eigenvalue weighted by Gasteiger charge is -2.14. The normalized spacial score (nSPS) is 10.2. The SMILES string of the molecule is CCOC(=O)c1c(-c2ccccc2)c(C#N)c(-c2ccccc2)[nH]c1=O. The van der Waals surface area contributed by atoms with Gasteiger partial charge in [-0.15, -0.1) is 0 Å². The zero-order valence-electron chi connectivity index (χ0n) is 14.2. The van der Waals surface area contributed by atoms with Gasteiger partial charge in [-0.05, 0) is 18.1 Å². The fraction of sp³-hybridized carbons (Fsp3) is 0.0952. The summed E-state index contributed by atoms with van der Waals surface area (Å²) in [6, 6.07) is 20.1. The van der Waals surface area contributed by atoms with Gasteiger partial charge in [-0.3, -0.25) is 4.79 Å². The second kappa shape index (κ2) is 7.49. The number of ether oxygens (including phenoxy) is 1. The van der Waals surface area contributed by atoms with Crippen molar-refractivity contribution in [3.63, 3.8) is 0 Å². The molecule has 0 bridgehead atoms. The van der Waals surface area contributed by atoms with Crippen molar-refractivity contribution >= 4 is 5.97 Å². The lowest BCUT2D eigenvalue weighted by atomic mass is 9.92. The first-order valence-electron chi connectivity index (χ1n) is 8.15. The fourth-order valence-electron chi connectivity index (χ4n) is 2.83. The number of hydrogen-bond donors (Lipinski definition) is 1. The number of rotatable bonds is 4. The highest BCUT2D eigenvalue weighted by atomic mass is 16.5. The van der Waals surface area contributed by atoms with Crippen LogP contribution < -0.4 is 5.56 Å². The molecule has 128 valence electrons. The van der Waals surface area contributed by atoms with Crippen molar-refractivity contribution in [2.75, 3.05) is 6.61 Å². The number of nitriles is 1. The Bertz CT molecular complexity index is 1030. The third kappa shape index (κ3) is 3.13. The van der Waals surface area contributed by atoms with Crippen molar-refractivity contribution in [1.29, 1.82) is 5.26 Å². The van der Waals surface area contributed by atoms with Crippen molar-refractivity contribution in [1.82, 2.24) is 4.98 Å². The Kier molecular flexibility index (Phi) is 4.95. The van der Waals surface area contributed by atoms with E-state index in [2.05, 4.69) is 11.1 Å². The highest BCUT2D eigenvalue weighted by molar-refractivity contribution is 6.00. The maximum Gasteiger partial charge on any atom is 0.344 e. The molecule has 0 atom stereocenters. The predicted octanol–water partition coefficient (Wildman–Crippen LogP) is 3.76. The third-order valence-electron chi connectivity index (χ3n) is 3.93. The molecule has 3 aromatic rings. The first-order chi connectivity index (χ1) is 12.7. The number of nitrogens with one attached hydrogen (secondary N) is 1. The van der Waals surface area contributed by atoms with E-state index in [1.165, 1.54) is 0 Å².